The number of benzene rings is 1. The maximum Gasteiger partial charge on any atom is 0.243 e. The second-order valence-electron chi connectivity index (χ2n) is 7.51. The van der Waals surface area contributed by atoms with Crippen molar-refractivity contribution < 1.29 is 18.0 Å². The van der Waals surface area contributed by atoms with E-state index in [1.807, 2.05) is 20.8 Å². The van der Waals surface area contributed by atoms with Crippen LogP contribution < -0.4 is 5.32 Å². The second kappa shape index (κ2) is 9.52. The summed E-state index contributed by atoms with van der Waals surface area (Å²) in [4.78, 5) is 26.3. The van der Waals surface area contributed by atoms with E-state index >= 15 is 0 Å². The first-order chi connectivity index (χ1) is 13.2. The molecule has 0 bridgehead atoms. The summed E-state index contributed by atoms with van der Waals surface area (Å²) >= 11 is 0. The molecule has 2 amide bonds. The minimum Gasteiger partial charge on any atom is -0.352 e. The fourth-order valence-corrected chi connectivity index (χ4v) is 4.57. The van der Waals surface area contributed by atoms with Crippen molar-refractivity contribution in [2.24, 2.45) is 5.92 Å². The first-order valence-corrected chi connectivity index (χ1v) is 11.2. The molecule has 0 aromatic heterocycles. The first-order valence-electron chi connectivity index (χ1n) is 9.79. The number of nitrogens with one attached hydrogen (secondary N) is 1. The standard InChI is InChI=1S/C20H31N3O4S/c1-5-19(24)23-12-6-7-17(14-23)20(25)21-13-16-8-10-18(11-9-16)28(26,27)22(4)15(2)3/h8-11,15,17H,5-7,12-14H2,1-4H3,(H,21,25). The average molecular weight is 410 g/mol. The molecule has 0 aliphatic carbocycles. The van der Waals surface area contributed by atoms with Crippen molar-refractivity contribution in [3.63, 3.8) is 0 Å². The van der Waals surface area contributed by atoms with Crippen LogP contribution >= 0.6 is 0 Å². The number of carbonyl (C=O) groups excluding carboxylic acids is 2. The van der Waals surface area contributed by atoms with E-state index in [0.717, 1.165) is 24.9 Å². The molecule has 1 N–H and O–H groups in total. The van der Waals surface area contributed by atoms with E-state index in [0.29, 0.717) is 19.5 Å². The van der Waals surface area contributed by atoms with Gasteiger partial charge in [-0.25, -0.2) is 8.42 Å². The zero-order valence-electron chi connectivity index (χ0n) is 17.1. The molecule has 28 heavy (non-hydrogen) atoms. The molecule has 0 radical (unpaired) electrons. The molecular weight excluding hydrogens is 378 g/mol. The summed E-state index contributed by atoms with van der Waals surface area (Å²) in [5.41, 5.74) is 0.830. The summed E-state index contributed by atoms with van der Waals surface area (Å²) < 4.78 is 26.3. The topological polar surface area (TPSA) is 86.8 Å². The minimum absolute atomic E-state index is 0.0650. The molecule has 1 heterocycles. The lowest BCUT2D eigenvalue weighted by molar-refractivity contribution is -0.135. The highest BCUT2D eigenvalue weighted by Gasteiger charge is 2.27. The van der Waals surface area contributed by atoms with Gasteiger partial charge >= 0.3 is 0 Å². The van der Waals surface area contributed by atoms with Crippen molar-refractivity contribution in [2.45, 2.75) is 57.5 Å². The van der Waals surface area contributed by atoms with Crippen LogP contribution in [0.5, 0.6) is 0 Å². The smallest absolute Gasteiger partial charge is 0.243 e. The summed E-state index contributed by atoms with van der Waals surface area (Å²) in [5, 5.41) is 2.91. The van der Waals surface area contributed by atoms with Gasteiger partial charge in [0.15, 0.2) is 0 Å². The number of piperidine rings is 1. The number of carbonyl (C=O) groups is 2. The SMILES string of the molecule is CCC(=O)N1CCCC(C(=O)NCc2ccc(S(=O)(=O)N(C)C(C)C)cc2)C1. The number of hydrogen-bond acceptors (Lipinski definition) is 4. The van der Waals surface area contributed by atoms with Crippen LogP contribution in [0.15, 0.2) is 29.2 Å². The van der Waals surface area contributed by atoms with Crippen LogP contribution in [0, 0.1) is 5.92 Å². The van der Waals surface area contributed by atoms with Crippen molar-refractivity contribution >= 4 is 21.8 Å². The van der Waals surface area contributed by atoms with Crippen molar-refractivity contribution in [1.29, 1.82) is 0 Å². The Balaban J connectivity index is 1.94. The van der Waals surface area contributed by atoms with Gasteiger partial charge in [-0.3, -0.25) is 9.59 Å². The Labute approximate surface area is 168 Å². The van der Waals surface area contributed by atoms with Gasteiger partial charge in [-0.2, -0.15) is 4.31 Å². The van der Waals surface area contributed by atoms with Gasteiger partial charge in [0.25, 0.3) is 0 Å². The predicted molar refractivity (Wildman–Crippen MR) is 108 cm³/mol. The quantitative estimate of drug-likeness (QED) is 0.746. The molecular formula is C20H31N3O4S. The number of rotatable bonds is 7. The molecule has 1 aromatic carbocycles. The Morgan fingerprint density at radius 1 is 1.25 bits per heavy atom. The summed E-state index contributed by atoms with van der Waals surface area (Å²) in [7, 11) is -1.95. The first kappa shape index (κ1) is 22.4. The van der Waals surface area contributed by atoms with E-state index < -0.39 is 10.0 Å². The number of nitrogens with zero attached hydrogens (tertiary/aromatic N) is 2. The summed E-state index contributed by atoms with van der Waals surface area (Å²) in [6, 6.07) is 6.44. The van der Waals surface area contributed by atoms with Gasteiger partial charge in [-0.1, -0.05) is 19.1 Å². The van der Waals surface area contributed by atoms with Gasteiger partial charge in [-0.15, -0.1) is 0 Å². The largest absolute Gasteiger partial charge is 0.352 e. The Kier molecular flexibility index (Phi) is 7.60. The van der Waals surface area contributed by atoms with E-state index in [2.05, 4.69) is 5.32 Å². The molecule has 1 fully saturated rings. The van der Waals surface area contributed by atoms with Crippen LogP contribution in [0.2, 0.25) is 0 Å². The van der Waals surface area contributed by atoms with Gasteiger partial charge in [0, 0.05) is 39.1 Å². The Morgan fingerprint density at radius 2 is 1.89 bits per heavy atom. The minimum atomic E-state index is -3.51. The van der Waals surface area contributed by atoms with Gasteiger partial charge in [-0.05, 0) is 44.4 Å². The highest BCUT2D eigenvalue weighted by molar-refractivity contribution is 7.89. The average Bonchev–Trinajstić information content (AvgIpc) is 2.71. The van der Waals surface area contributed by atoms with Crippen LogP contribution in [-0.2, 0) is 26.2 Å². The van der Waals surface area contributed by atoms with Crippen LogP contribution in [0.25, 0.3) is 0 Å². The monoisotopic (exact) mass is 409 g/mol. The Bertz CT molecular complexity index is 790. The third-order valence-corrected chi connectivity index (χ3v) is 7.29. The van der Waals surface area contributed by atoms with Crippen molar-refractivity contribution in [3.05, 3.63) is 29.8 Å². The van der Waals surface area contributed by atoms with E-state index in [4.69, 9.17) is 0 Å². The fraction of sp³-hybridized carbons (Fsp3) is 0.600. The number of hydrogen-bond donors (Lipinski definition) is 1. The molecule has 1 saturated heterocycles. The maximum absolute atomic E-state index is 12.5. The Morgan fingerprint density at radius 3 is 2.46 bits per heavy atom. The molecule has 0 spiro atoms. The molecule has 1 aromatic rings. The molecule has 0 saturated carbocycles. The molecule has 2 rings (SSSR count). The fourth-order valence-electron chi connectivity index (χ4n) is 3.20. The molecule has 1 atom stereocenters. The van der Waals surface area contributed by atoms with Crippen molar-refractivity contribution in [1.82, 2.24) is 14.5 Å². The Hall–Kier alpha value is -1.93. The number of sulfonamides is 1. The van der Waals surface area contributed by atoms with E-state index in [-0.39, 0.29) is 28.7 Å². The summed E-state index contributed by atoms with van der Waals surface area (Å²) in [5.74, 6) is -0.172. The second-order valence-corrected chi connectivity index (χ2v) is 9.51. The van der Waals surface area contributed by atoms with Gasteiger partial charge < -0.3 is 10.2 Å². The normalized spacial score (nSPS) is 17.8. The predicted octanol–water partition coefficient (Wildman–Crippen LogP) is 1.98. The lowest BCUT2D eigenvalue weighted by Crippen LogP contribution is -2.45. The summed E-state index contributed by atoms with van der Waals surface area (Å²) in [6.07, 6.45) is 2.06. The van der Waals surface area contributed by atoms with Gasteiger partial charge in [0.05, 0.1) is 10.8 Å². The van der Waals surface area contributed by atoms with Crippen molar-refractivity contribution in [2.75, 3.05) is 20.1 Å². The number of likely N-dealkylation sites (tertiary alicyclic amines) is 1. The van der Waals surface area contributed by atoms with Crippen molar-refractivity contribution in [3.8, 4) is 0 Å². The third kappa shape index (κ3) is 5.32. The van der Waals surface area contributed by atoms with E-state index in [9.17, 15) is 18.0 Å². The molecule has 1 aliphatic rings. The van der Waals surface area contributed by atoms with E-state index in [1.165, 1.54) is 4.31 Å². The highest BCUT2D eigenvalue weighted by Crippen LogP contribution is 2.19. The molecule has 1 aliphatic heterocycles. The molecule has 1 unspecified atom stereocenters. The third-order valence-electron chi connectivity index (χ3n) is 5.24. The molecule has 8 heteroatoms. The molecule has 7 nitrogen and oxygen atoms in total. The lowest BCUT2D eigenvalue weighted by Gasteiger charge is -2.31. The van der Waals surface area contributed by atoms with Gasteiger partial charge in [0.2, 0.25) is 21.8 Å². The van der Waals surface area contributed by atoms with Crippen LogP contribution in [0.1, 0.15) is 45.6 Å². The van der Waals surface area contributed by atoms with Crippen LogP contribution in [-0.4, -0.2) is 55.6 Å². The lowest BCUT2D eigenvalue weighted by atomic mass is 9.97. The zero-order valence-corrected chi connectivity index (χ0v) is 18.0. The van der Waals surface area contributed by atoms with Crippen LogP contribution in [0.4, 0.5) is 0 Å². The highest BCUT2D eigenvalue weighted by atomic mass is 32.2. The summed E-state index contributed by atoms with van der Waals surface area (Å²) in [6.45, 7) is 6.99. The van der Waals surface area contributed by atoms with Crippen LogP contribution in [0.3, 0.4) is 0 Å². The molecule has 156 valence electrons. The van der Waals surface area contributed by atoms with Gasteiger partial charge in [0.1, 0.15) is 0 Å². The maximum atomic E-state index is 12.5. The number of amides is 2. The zero-order chi connectivity index (χ0) is 20.9. The van der Waals surface area contributed by atoms with E-state index in [1.54, 1.807) is 36.2 Å².